The lowest BCUT2D eigenvalue weighted by atomic mass is 10.2. The second-order valence-electron chi connectivity index (χ2n) is 5.52. The van der Waals surface area contributed by atoms with Crippen LogP contribution < -0.4 is 10.6 Å². The van der Waals surface area contributed by atoms with Gasteiger partial charge in [-0.15, -0.1) is 0 Å². The summed E-state index contributed by atoms with van der Waals surface area (Å²) in [6.07, 6.45) is 5.01. The van der Waals surface area contributed by atoms with Gasteiger partial charge in [0.05, 0.1) is 6.10 Å². The molecule has 1 aliphatic carbocycles. The van der Waals surface area contributed by atoms with Crippen LogP contribution in [0.2, 0.25) is 0 Å². The quantitative estimate of drug-likeness (QED) is 0.647. The van der Waals surface area contributed by atoms with Crippen LogP contribution in [0.15, 0.2) is 6.07 Å². The minimum atomic E-state index is -0.258. The molecule has 1 saturated carbocycles. The molecule has 1 atom stereocenters. The van der Waals surface area contributed by atoms with E-state index in [1.165, 1.54) is 0 Å². The lowest BCUT2D eigenvalue weighted by Gasteiger charge is -2.13. The molecule has 0 bridgehead atoms. The van der Waals surface area contributed by atoms with Gasteiger partial charge in [0, 0.05) is 25.6 Å². The third-order valence-corrected chi connectivity index (χ3v) is 3.46. The normalized spacial score (nSPS) is 15.9. The Balaban J connectivity index is 1.98. The van der Waals surface area contributed by atoms with E-state index >= 15 is 0 Å². The Morgan fingerprint density at radius 2 is 1.90 bits per heavy atom. The molecule has 1 fully saturated rings. The van der Waals surface area contributed by atoms with E-state index in [9.17, 15) is 5.11 Å². The Morgan fingerprint density at radius 1 is 1.20 bits per heavy atom. The van der Waals surface area contributed by atoms with E-state index in [4.69, 9.17) is 0 Å². The van der Waals surface area contributed by atoms with E-state index in [0.717, 1.165) is 56.1 Å². The van der Waals surface area contributed by atoms with Gasteiger partial charge in [-0.3, -0.25) is 0 Å². The predicted octanol–water partition coefficient (Wildman–Crippen LogP) is 2.43. The topological polar surface area (TPSA) is 70.1 Å². The van der Waals surface area contributed by atoms with Crippen molar-refractivity contribution in [2.75, 3.05) is 23.7 Å². The minimum absolute atomic E-state index is 0.258. The first-order valence-corrected chi connectivity index (χ1v) is 7.76. The van der Waals surface area contributed by atoms with Crippen LogP contribution in [-0.4, -0.2) is 34.3 Å². The molecule has 0 aliphatic heterocycles. The number of nitrogens with one attached hydrogen (secondary N) is 2. The van der Waals surface area contributed by atoms with Crippen molar-refractivity contribution >= 4 is 11.6 Å². The molecular weight excluding hydrogens is 252 g/mol. The highest BCUT2D eigenvalue weighted by molar-refractivity contribution is 5.47. The summed E-state index contributed by atoms with van der Waals surface area (Å²) in [6.45, 7) is 5.74. The third-order valence-electron chi connectivity index (χ3n) is 3.46. The van der Waals surface area contributed by atoms with Crippen LogP contribution in [0.25, 0.3) is 0 Å². The highest BCUT2D eigenvalue weighted by Gasteiger charge is 2.29. The second kappa shape index (κ2) is 7.43. The van der Waals surface area contributed by atoms with Crippen molar-refractivity contribution < 1.29 is 5.11 Å². The lowest BCUT2D eigenvalue weighted by Crippen LogP contribution is -2.22. The number of rotatable bonds is 9. The number of anilines is 2. The zero-order valence-electron chi connectivity index (χ0n) is 12.5. The van der Waals surface area contributed by atoms with Crippen LogP contribution in [0.3, 0.4) is 0 Å². The van der Waals surface area contributed by atoms with E-state index in [2.05, 4.69) is 34.4 Å². The van der Waals surface area contributed by atoms with Gasteiger partial charge in [-0.05, 0) is 31.6 Å². The average molecular weight is 278 g/mol. The van der Waals surface area contributed by atoms with E-state index < -0.39 is 0 Å². The number of aryl methyl sites for hydroxylation is 1. The third kappa shape index (κ3) is 4.63. The number of nitrogens with zero attached hydrogens (tertiary/aromatic N) is 2. The second-order valence-corrected chi connectivity index (χ2v) is 5.52. The molecule has 1 heterocycles. The molecule has 1 aromatic rings. The molecule has 0 aromatic carbocycles. The number of aromatic nitrogens is 2. The van der Waals surface area contributed by atoms with Crippen LogP contribution in [0.4, 0.5) is 11.6 Å². The van der Waals surface area contributed by atoms with Gasteiger partial charge in [-0.25, -0.2) is 9.97 Å². The summed E-state index contributed by atoms with van der Waals surface area (Å²) >= 11 is 0. The van der Waals surface area contributed by atoms with Crippen LogP contribution in [-0.2, 0) is 6.42 Å². The number of aliphatic hydroxyl groups is 1. The first kappa shape index (κ1) is 15.0. The maximum absolute atomic E-state index is 9.91. The molecule has 1 aromatic heterocycles. The maximum Gasteiger partial charge on any atom is 0.133 e. The number of aliphatic hydroxyl groups excluding tert-OH is 1. The van der Waals surface area contributed by atoms with Crippen molar-refractivity contribution in [1.29, 1.82) is 0 Å². The molecule has 0 spiro atoms. The fraction of sp³-hybridized carbons (Fsp3) is 0.733. The minimum Gasteiger partial charge on any atom is -0.391 e. The van der Waals surface area contributed by atoms with Gasteiger partial charge < -0.3 is 15.7 Å². The Hall–Kier alpha value is -1.36. The van der Waals surface area contributed by atoms with E-state index in [0.29, 0.717) is 12.5 Å². The molecule has 112 valence electrons. The Kier molecular flexibility index (Phi) is 5.59. The zero-order chi connectivity index (χ0) is 14.4. The summed E-state index contributed by atoms with van der Waals surface area (Å²) in [5, 5.41) is 16.5. The average Bonchev–Trinajstić information content (AvgIpc) is 3.27. The van der Waals surface area contributed by atoms with Gasteiger partial charge in [0.25, 0.3) is 0 Å². The van der Waals surface area contributed by atoms with Crippen molar-refractivity contribution in [3.05, 3.63) is 11.9 Å². The van der Waals surface area contributed by atoms with Crippen molar-refractivity contribution in [2.45, 2.75) is 52.1 Å². The molecular formula is C15H26N4O. The number of hydrogen-bond acceptors (Lipinski definition) is 5. The molecule has 0 saturated heterocycles. The van der Waals surface area contributed by atoms with Crippen LogP contribution in [0.5, 0.6) is 0 Å². The molecule has 1 unspecified atom stereocenters. The van der Waals surface area contributed by atoms with Gasteiger partial charge in [0.2, 0.25) is 0 Å². The SMILES string of the molecule is CCCNc1cc(NCC(O)C2CC2)nc(CCC)n1. The molecule has 3 N–H and O–H groups in total. The summed E-state index contributed by atoms with van der Waals surface area (Å²) in [5.74, 6) is 3.02. The first-order valence-electron chi connectivity index (χ1n) is 7.76. The molecule has 20 heavy (non-hydrogen) atoms. The molecule has 0 amide bonds. The lowest BCUT2D eigenvalue weighted by molar-refractivity contribution is 0.164. The maximum atomic E-state index is 9.91. The van der Waals surface area contributed by atoms with Crippen LogP contribution in [0, 0.1) is 5.92 Å². The summed E-state index contributed by atoms with van der Waals surface area (Å²) < 4.78 is 0. The summed E-state index contributed by atoms with van der Waals surface area (Å²) in [4.78, 5) is 9.02. The monoisotopic (exact) mass is 278 g/mol. The van der Waals surface area contributed by atoms with Crippen molar-refractivity contribution in [2.24, 2.45) is 5.92 Å². The highest BCUT2D eigenvalue weighted by atomic mass is 16.3. The summed E-state index contributed by atoms with van der Waals surface area (Å²) in [5.41, 5.74) is 0. The summed E-state index contributed by atoms with van der Waals surface area (Å²) in [6, 6.07) is 1.93. The first-order chi connectivity index (χ1) is 9.72. The van der Waals surface area contributed by atoms with Crippen LogP contribution >= 0.6 is 0 Å². The Labute approximate surface area is 121 Å². The molecule has 2 rings (SSSR count). The van der Waals surface area contributed by atoms with Gasteiger partial charge in [-0.1, -0.05) is 13.8 Å². The predicted molar refractivity (Wildman–Crippen MR) is 82.0 cm³/mol. The molecule has 5 heteroatoms. The fourth-order valence-corrected chi connectivity index (χ4v) is 2.12. The largest absolute Gasteiger partial charge is 0.391 e. The van der Waals surface area contributed by atoms with E-state index in [1.807, 2.05) is 6.07 Å². The molecule has 1 aliphatic rings. The van der Waals surface area contributed by atoms with Gasteiger partial charge in [-0.2, -0.15) is 0 Å². The van der Waals surface area contributed by atoms with Crippen molar-refractivity contribution in [3.63, 3.8) is 0 Å². The fourth-order valence-electron chi connectivity index (χ4n) is 2.12. The Bertz CT molecular complexity index is 420. The standard InChI is InChI=1S/C15H26N4O/c1-3-5-13-18-14(16-8-4-2)9-15(19-13)17-10-12(20)11-6-7-11/h9,11-12,20H,3-8,10H2,1-2H3,(H2,16,17,18,19). The summed E-state index contributed by atoms with van der Waals surface area (Å²) in [7, 11) is 0. The van der Waals surface area contributed by atoms with Gasteiger partial charge >= 0.3 is 0 Å². The zero-order valence-corrected chi connectivity index (χ0v) is 12.5. The van der Waals surface area contributed by atoms with Gasteiger partial charge in [0.15, 0.2) is 0 Å². The van der Waals surface area contributed by atoms with Crippen molar-refractivity contribution in [3.8, 4) is 0 Å². The van der Waals surface area contributed by atoms with E-state index in [1.54, 1.807) is 0 Å². The van der Waals surface area contributed by atoms with Crippen molar-refractivity contribution in [1.82, 2.24) is 9.97 Å². The van der Waals surface area contributed by atoms with E-state index in [-0.39, 0.29) is 6.10 Å². The molecule has 5 nitrogen and oxygen atoms in total. The molecule has 0 radical (unpaired) electrons. The van der Waals surface area contributed by atoms with Crippen LogP contribution in [0.1, 0.15) is 45.4 Å². The Morgan fingerprint density at radius 3 is 2.50 bits per heavy atom. The van der Waals surface area contributed by atoms with Gasteiger partial charge in [0.1, 0.15) is 17.5 Å². The smallest absolute Gasteiger partial charge is 0.133 e. The number of hydrogen-bond donors (Lipinski definition) is 3. The highest BCUT2D eigenvalue weighted by Crippen LogP contribution is 2.32.